The number of H-pyrrole nitrogens is 1. The van der Waals surface area contributed by atoms with Gasteiger partial charge in [0.15, 0.2) is 5.78 Å². The van der Waals surface area contributed by atoms with Crippen LogP contribution in [0.3, 0.4) is 0 Å². The summed E-state index contributed by atoms with van der Waals surface area (Å²) >= 11 is 0. The molecule has 0 spiro atoms. The molecule has 3 nitrogen and oxygen atoms in total. The van der Waals surface area contributed by atoms with E-state index in [9.17, 15) is 4.79 Å². The lowest BCUT2D eigenvalue weighted by molar-refractivity contribution is 0.0983. The second-order valence-electron chi connectivity index (χ2n) is 5.38. The standard InChI is InChI=1S/C18H18N2O/c1-12-7-8-14-5-3-4-6-15(14)18(12)17(21)10-9-16-13(2)19-11-20-16/h3-8,11H,9-10H2,1-2H3,(H,19,20). The number of Topliss-reactive ketones (excluding diaryl/α,β-unsaturated/α-hetero) is 1. The van der Waals surface area contributed by atoms with Gasteiger partial charge in [-0.15, -0.1) is 0 Å². The third-order valence-corrected chi connectivity index (χ3v) is 3.94. The minimum atomic E-state index is 0.187. The average Bonchev–Trinajstić information content (AvgIpc) is 2.90. The third kappa shape index (κ3) is 2.59. The lowest BCUT2D eigenvalue weighted by Crippen LogP contribution is -2.05. The highest BCUT2D eigenvalue weighted by atomic mass is 16.1. The predicted octanol–water partition coefficient (Wildman–Crippen LogP) is 4.00. The van der Waals surface area contributed by atoms with E-state index >= 15 is 0 Å². The zero-order valence-corrected chi connectivity index (χ0v) is 12.3. The Labute approximate surface area is 124 Å². The molecule has 1 N–H and O–H groups in total. The summed E-state index contributed by atoms with van der Waals surface area (Å²) in [6.07, 6.45) is 2.84. The van der Waals surface area contributed by atoms with Crippen LogP contribution in [0.15, 0.2) is 42.7 Å². The first kappa shape index (κ1) is 13.6. The number of nitrogens with zero attached hydrogens (tertiary/aromatic N) is 1. The van der Waals surface area contributed by atoms with Crippen molar-refractivity contribution in [3.63, 3.8) is 0 Å². The number of carbonyl (C=O) groups is 1. The lowest BCUT2D eigenvalue weighted by atomic mass is 9.94. The van der Waals surface area contributed by atoms with Gasteiger partial charge >= 0.3 is 0 Å². The van der Waals surface area contributed by atoms with Crippen molar-refractivity contribution < 1.29 is 4.79 Å². The van der Waals surface area contributed by atoms with Crippen molar-refractivity contribution in [2.45, 2.75) is 26.7 Å². The van der Waals surface area contributed by atoms with Gasteiger partial charge in [0.25, 0.3) is 0 Å². The van der Waals surface area contributed by atoms with E-state index in [0.717, 1.165) is 33.3 Å². The van der Waals surface area contributed by atoms with Gasteiger partial charge in [-0.1, -0.05) is 36.4 Å². The Balaban J connectivity index is 1.91. The van der Waals surface area contributed by atoms with Crippen molar-refractivity contribution in [1.29, 1.82) is 0 Å². The molecule has 0 aliphatic heterocycles. The molecule has 0 amide bonds. The zero-order chi connectivity index (χ0) is 14.8. The highest BCUT2D eigenvalue weighted by Crippen LogP contribution is 2.24. The molecule has 1 heterocycles. The summed E-state index contributed by atoms with van der Waals surface area (Å²) in [4.78, 5) is 20.0. The molecule has 0 aliphatic rings. The largest absolute Gasteiger partial charge is 0.348 e. The number of hydrogen-bond acceptors (Lipinski definition) is 2. The fourth-order valence-corrected chi connectivity index (χ4v) is 2.75. The molecular weight excluding hydrogens is 260 g/mol. The first-order valence-electron chi connectivity index (χ1n) is 7.17. The second kappa shape index (κ2) is 5.52. The van der Waals surface area contributed by atoms with Crippen LogP contribution >= 0.6 is 0 Å². The second-order valence-corrected chi connectivity index (χ2v) is 5.38. The molecule has 21 heavy (non-hydrogen) atoms. The number of fused-ring (bicyclic) bond motifs is 1. The van der Waals surface area contributed by atoms with Crippen molar-refractivity contribution in [2.24, 2.45) is 0 Å². The van der Waals surface area contributed by atoms with Crippen LogP contribution < -0.4 is 0 Å². The Kier molecular flexibility index (Phi) is 3.57. The molecular formula is C18H18N2O. The lowest BCUT2D eigenvalue weighted by Gasteiger charge is -2.09. The molecule has 0 saturated carbocycles. The number of rotatable bonds is 4. The number of hydrogen-bond donors (Lipinski definition) is 1. The van der Waals surface area contributed by atoms with E-state index < -0.39 is 0 Å². The molecule has 3 rings (SSSR count). The normalized spacial score (nSPS) is 11.0. The van der Waals surface area contributed by atoms with Gasteiger partial charge < -0.3 is 4.98 Å². The number of aromatic amines is 1. The van der Waals surface area contributed by atoms with Crippen molar-refractivity contribution in [3.05, 3.63) is 65.2 Å². The SMILES string of the molecule is Cc1ccc2ccccc2c1C(=O)CCc1nc[nH]c1C. The smallest absolute Gasteiger partial charge is 0.164 e. The summed E-state index contributed by atoms with van der Waals surface area (Å²) in [6, 6.07) is 12.1. The van der Waals surface area contributed by atoms with Crippen LogP contribution in [-0.2, 0) is 6.42 Å². The monoisotopic (exact) mass is 278 g/mol. The summed E-state index contributed by atoms with van der Waals surface area (Å²) in [5.41, 5.74) is 3.90. The van der Waals surface area contributed by atoms with Crippen molar-refractivity contribution >= 4 is 16.6 Å². The minimum absolute atomic E-state index is 0.187. The Hall–Kier alpha value is -2.42. The Morgan fingerprint density at radius 1 is 1.14 bits per heavy atom. The molecule has 0 unspecified atom stereocenters. The van der Waals surface area contributed by atoms with Crippen molar-refractivity contribution in [2.75, 3.05) is 0 Å². The first-order chi connectivity index (χ1) is 10.2. The highest BCUT2D eigenvalue weighted by molar-refractivity contribution is 6.09. The van der Waals surface area contributed by atoms with Gasteiger partial charge in [-0.05, 0) is 36.6 Å². The molecule has 0 fully saturated rings. The van der Waals surface area contributed by atoms with Gasteiger partial charge in [0.05, 0.1) is 12.0 Å². The molecule has 0 radical (unpaired) electrons. The number of aryl methyl sites for hydroxylation is 3. The summed E-state index contributed by atoms with van der Waals surface area (Å²) < 4.78 is 0. The van der Waals surface area contributed by atoms with E-state index in [1.165, 1.54) is 0 Å². The molecule has 3 aromatic rings. The Morgan fingerprint density at radius 3 is 2.71 bits per heavy atom. The van der Waals surface area contributed by atoms with Gasteiger partial charge in [0.1, 0.15) is 0 Å². The highest BCUT2D eigenvalue weighted by Gasteiger charge is 2.14. The van der Waals surface area contributed by atoms with Gasteiger partial charge in [-0.25, -0.2) is 4.98 Å². The van der Waals surface area contributed by atoms with E-state index in [4.69, 9.17) is 0 Å². The average molecular weight is 278 g/mol. The van der Waals surface area contributed by atoms with Gasteiger partial charge in [-0.2, -0.15) is 0 Å². The van der Waals surface area contributed by atoms with E-state index in [-0.39, 0.29) is 5.78 Å². The molecule has 3 heteroatoms. The maximum atomic E-state index is 12.6. The van der Waals surface area contributed by atoms with E-state index in [1.807, 2.05) is 44.2 Å². The van der Waals surface area contributed by atoms with Gasteiger partial charge in [-0.3, -0.25) is 4.79 Å². The molecule has 0 atom stereocenters. The molecule has 0 aliphatic carbocycles. The zero-order valence-electron chi connectivity index (χ0n) is 12.3. The number of carbonyl (C=O) groups excluding carboxylic acids is 1. The summed E-state index contributed by atoms with van der Waals surface area (Å²) in [5.74, 6) is 0.187. The first-order valence-corrected chi connectivity index (χ1v) is 7.17. The van der Waals surface area contributed by atoms with Crippen LogP contribution in [0.4, 0.5) is 0 Å². The summed E-state index contributed by atoms with van der Waals surface area (Å²) in [7, 11) is 0. The number of nitrogens with one attached hydrogen (secondary N) is 1. The fourth-order valence-electron chi connectivity index (χ4n) is 2.75. The molecule has 2 aromatic carbocycles. The molecule has 106 valence electrons. The fraction of sp³-hybridized carbons (Fsp3) is 0.222. The maximum Gasteiger partial charge on any atom is 0.164 e. The Morgan fingerprint density at radius 2 is 1.95 bits per heavy atom. The molecule has 0 saturated heterocycles. The Bertz CT molecular complexity index is 802. The molecule has 0 bridgehead atoms. The van der Waals surface area contributed by atoms with Crippen LogP contribution in [0.1, 0.15) is 33.7 Å². The van der Waals surface area contributed by atoms with Gasteiger partial charge in [0, 0.05) is 17.7 Å². The van der Waals surface area contributed by atoms with Gasteiger partial charge in [0.2, 0.25) is 0 Å². The number of aromatic nitrogens is 2. The quantitative estimate of drug-likeness (QED) is 0.733. The maximum absolute atomic E-state index is 12.6. The van der Waals surface area contributed by atoms with E-state index in [1.54, 1.807) is 6.33 Å². The van der Waals surface area contributed by atoms with Crippen LogP contribution in [0.25, 0.3) is 10.8 Å². The third-order valence-electron chi connectivity index (χ3n) is 3.94. The van der Waals surface area contributed by atoms with Crippen molar-refractivity contribution in [1.82, 2.24) is 9.97 Å². The minimum Gasteiger partial charge on any atom is -0.348 e. The van der Waals surface area contributed by atoms with Crippen LogP contribution in [0.5, 0.6) is 0 Å². The van der Waals surface area contributed by atoms with Crippen LogP contribution in [0.2, 0.25) is 0 Å². The predicted molar refractivity (Wildman–Crippen MR) is 84.7 cm³/mol. The number of benzene rings is 2. The van der Waals surface area contributed by atoms with Crippen LogP contribution in [0, 0.1) is 13.8 Å². The van der Waals surface area contributed by atoms with Crippen LogP contribution in [-0.4, -0.2) is 15.8 Å². The summed E-state index contributed by atoms with van der Waals surface area (Å²) in [6.45, 7) is 3.98. The number of ketones is 1. The van der Waals surface area contributed by atoms with E-state index in [2.05, 4.69) is 16.0 Å². The van der Waals surface area contributed by atoms with Crippen molar-refractivity contribution in [3.8, 4) is 0 Å². The number of imidazole rings is 1. The molecule has 1 aromatic heterocycles. The summed E-state index contributed by atoms with van der Waals surface area (Å²) in [5, 5.41) is 2.16. The topological polar surface area (TPSA) is 45.8 Å². The van der Waals surface area contributed by atoms with E-state index in [0.29, 0.717) is 12.8 Å².